The van der Waals surface area contributed by atoms with E-state index in [1.54, 1.807) is 12.1 Å². The molecule has 0 saturated carbocycles. The number of hydrogen-bond donors (Lipinski definition) is 1. The Hall–Kier alpha value is -1.65. The van der Waals surface area contributed by atoms with Crippen molar-refractivity contribution in [2.45, 2.75) is 6.54 Å². The third-order valence-electron chi connectivity index (χ3n) is 3.01. The molecule has 104 valence electrons. The van der Waals surface area contributed by atoms with Crippen molar-refractivity contribution >= 4 is 34.5 Å². The Labute approximate surface area is 128 Å². The van der Waals surface area contributed by atoms with Gasteiger partial charge in [0.25, 0.3) is 0 Å². The van der Waals surface area contributed by atoms with Gasteiger partial charge in [0.05, 0.1) is 5.02 Å². The highest BCUT2D eigenvalue weighted by Crippen LogP contribution is 2.23. The molecule has 0 fully saturated rings. The Morgan fingerprint density at radius 3 is 2.70 bits per heavy atom. The smallest absolute Gasteiger partial charge is 0.142 e. The number of rotatable bonds is 4. The quantitative estimate of drug-likeness (QED) is 0.872. The van der Waals surface area contributed by atoms with Crippen LogP contribution in [0.5, 0.6) is 0 Å². The van der Waals surface area contributed by atoms with Gasteiger partial charge in [-0.1, -0.05) is 48.1 Å². The molecule has 0 spiro atoms. The molecule has 2 N–H and O–H groups in total. The standard InChI is InChI=1S/C15H14ClFN2S/c1-19(9-11-5-3-7-13(17)14(11)16)12-6-2-4-10(8-12)15(18)20/h2-8H,9H2,1H3,(H2,18,20). The lowest BCUT2D eigenvalue weighted by Gasteiger charge is -2.20. The molecule has 0 bridgehead atoms. The number of anilines is 1. The Kier molecular flexibility index (Phi) is 4.57. The maximum absolute atomic E-state index is 13.4. The highest BCUT2D eigenvalue weighted by molar-refractivity contribution is 7.80. The van der Waals surface area contributed by atoms with Crippen molar-refractivity contribution in [3.63, 3.8) is 0 Å². The molecule has 5 heteroatoms. The second-order valence-corrected chi connectivity index (χ2v) is 5.30. The van der Waals surface area contributed by atoms with Gasteiger partial charge in [-0.2, -0.15) is 0 Å². The summed E-state index contributed by atoms with van der Waals surface area (Å²) in [6.07, 6.45) is 0. The summed E-state index contributed by atoms with van der Waals surface area (Å²) in [6, 6.07) is 12.4. The molecule has 0 radical (unpaired) electrons. The molecule has 0 saturated heterocycles. The van der Waals surface area contributed by atoms with Crippen LogP contribution in [0.1, 0.15) is 11.1 Å². The number of thiocarbonyl (C=S) groups is 1. The molecule has 0 aliphatic rings. The van der Waals surface area contributed by atoms with Crippen LogP contribution in [-0.4, -0.2) is 12.0 Å². The van der Waals surface area contributed by atoms with Gasteiger partial charge in [-0.05, 0) is 23.8 Å². The molecule has 2 rings (SSSR count). The minimum atomic E-state index is -0.408. The summed E-state index contributed by atoms with van der Waals surface area (Å²) in [5.41, 5.74) is 8.09. The van der Waals surface area contributed by atoms with Gasteiger partial charge in [0, 0.05) is 24.8 Å². The van der Waals surface area contributed by atoms with Crippen LogP contribution >= 0.6 is 23.8 Å². The molecular formula is C15H14ClFN2S. The summed E-state index contributed by atoms with van der Waals surface area (Å²) in [6.45, 7) is 0.497. The van der Waals surface area contributed by atoms with Gasteiger partial charge in [0.2, 0.25) is 0 Å². The Morgan fingerprint density at radius 1 is 1.30 bits per heavy atom. The molecule has 2 nitrogen and oxygen atoms in total. The molecule has 0 aliphatic carbocycles. The third kappa shape index (κ3) is 3.26. The van der Waals surface area contributed by atoms with Crippen molar-refractivity contribution in [1.82, 2.24) is 0 Å². The zero-order chi connectivity index (χ0) is 14.7. The summed E-state index contributed by atoms with van der Waals surface area (Å²) < 4.78 is 13.4. The molecule has 0 atom stereocenters. The molecule has 0 amide bonds. The maximum atomic E-state index is 13.4. The first kappa shape index (κ1) is 14.8. The molecule has 0 heterocycles. The van der Waals surface area contributed by atoms with Crippen molar-refractivity contribution in [3.05, 3.63) is 64.4 Å². The average molecular weight is 309 g/mol. The average Bonchev–Trinajstić information content (AvgIpc) is 2.44. The second-order valence-electron chi connectivity index (χ2n) is 4.48. The highest BCUT2D eigenvalue weighted by Gasteiger charge is 2.09. The minimum absolute atomic E-state index is 0.157. The Bertz CT molecular complexity index is 646. The molecule has 0 aliphatic heterocycles. The van der Waals surface area contributed by atoms with E-state index < -0.39 is 5.82 Å². The van der Waals surface area contributed by atoms with Gasteiger partial charge >= 0.3 is 0 Å². The van der Waals surface area contributed by atoms with Gasteiger partial charge in [-0.15, -0.1) is 0 Å². The summed E-state index contributed by atoms with van der Waals surface area (Å²) >= 11 is 10.9. The monoisotopic (exact) mass is 308 g/mol. The van der Waals surface area contributed by atoms with E-state index in [1.807, 2.05) is 36.2 Å². The van der Waals surface area contributed by atoms with Crippen LogP contribution in [0.25, 0.3) is 0 Å². The van der Waals surface area contributed by atoms with E-state index in [1.165, 1.54) is 6.07 Å². The van der Waals surface area contributed by atoms with E-state index >= 15 is 0 Å². The van der Waals surface area contributed by atoms with Crippen LogP contribution in [0, 0.1) is 5.82 Å². The van der Waals surface area contributed by atoms with Crippen LogP contribution in [-0.2, 0) is 6.54 Å². The number of halogens is 2. The van der Waals surface area contributed by atoms with E-state index in [0.717, 1.165) is 16.8 Å². The molecule has 2 aromatic carbocycles. The third-order valence-corrected chi connectivity index (χ3v) is 3.67. The second kappa shape index (κ2) is 6.20. The lowest BCUT2D eigenvalue weighted by Crippen LogP contribution is -2.18. The zero-order valence-corrected chi connectivity index (χ0v) is 12.5. The highest BCUT2D eigenvalue weighted by atomic mass is 35.5. The van der Waals surface area contributed by atoms with E-state index in [9.17, 15) is 4.39 Å². The zero-order valence-electron chi connectivity index (χ0n) is 10.9. The topological polar surface area (TPSA) is 29.3 Å². The van der Waals surface area contributed by atoms with Gasteiger partial charge in [-0.3, -0.25) is 0 Å². The minimum Gasteiger partial charge on any atom is -0.389 e. The van der Waals surface area contributed by atoms with E-state index in [-0.39, 0.29) is 5.02 Å². The van der Waals surface area contributed by atoms with Crippen molar-refractivity contribution in [3.8, 4) is 0 Å². The summed E-state index contributed by atoms with van der Waals surface area (Å²) in [5, 5.41) is 0.157. The number of nitrogens with zero attached hydrogens (tertiary/aromatic N) is 1. The summed E-state index contributed by atoms with van der Waals surface area (Å²) in [7, 11) is 1.90. The van der Waals surface area contributed by atoms with Crippen molar-refractivity contribution in [1.29, 1.82) is 0 Å². The normalized spacial score (nSPS) is 10.3. The van der Waals surface area contributed by atoms with E-state index in [0.29, 0.717) is 11.5 Å². The Balaban J connectivity index is 2.24. The van der Waals surface area contributed by atoms with Crippen molar-refractivity contribution in [2.75, 3.05) is 11.9 Å². The van der Waals surface area contributed by atoms with Gasteiger partial charge in [0.15, 0.2) is 0 Å². The summed E-state index contributed by atoms with van der Waals surface area (Å²) in [4.78, 5) is 2.31. The molecular weight excluding hydrogens is 295 g/mol. The number of nitrogens with two attached hydrogens (primary N) is 1. The lowest BCUT2D eigenvalue weighted by molar-refractivity contribution is 0.625. The van der Waals surface area contributed by atoms with E-state index in [2.05, 4.69) is 0 Å². The van der Waals surface area contributed by atoms with Crippen LogP contribution in [0.3, 0.4) is 0 Å². The van der Waals surface area contributed by atoms with Crippen molar-refractivity contribution in [2.24, 2.45) is 5.73 Å². The van der Waals surface area contributed by atoms with Gasteiger partial charge in [-0.25, -0.2) is 4.39 Å². The number of benzene rings is 2. The first-order valence-corrected chi connectivity index (χ1v) is 6.81. The van der Waals surface area contributed by atoms with Crippen LogP contribution in [0.4, 0.5) is 10.1 Å². The first-order valence-electron chi connectivity index (χ1n) is 6.03. The molecule has 20 heavy (non-hydrogen) atoms. The SMILES string of the molecule is CN(Cc1cccc(F)c1Cl)c1cccc(C(N)=S)c1. The molecule has 0 aromatic heterocycles. The molecule has 2 aromatic rings. The summed E-state index contributed by atoms with van der Waals surface area (Å²) in [5.74, 6) is -0.408. The predicted molar refractivity (Wildman–Crippen MR) is 85.8 cm³/mol. The van der Waals surface area contributed by atoms with E-state index in [4.69, 9.17) is 29.6 Å². The van der Waals surface area contributed by atoms with Crippen LogP contribution in [0.15, 0.2) is 42.5 Å². The fourth-order valence-electron chi connectivity index (χ4n) is 1.91. The lowest BCUT2D eigenvalue weighted by atomic mass is 10.1. The Morgan fingerprint density at radius 2 is 2.00 bits per heavy atom. The van der Waals surface area contributed by atoms with Crippen molar-refractivity contribution < 1.29 is 4.39 Å². The van der Waals surface area contributed by atoms with Gasteiger partial charge < -0.3 is 10.6 Å². The van der Waals surface area contributed by atoms with Crippen LogP contribution < -0.4 is 10.6 Å². The fourth-order valence-corrected chi connectivity index (χ4v) is 2.23. The first-order chi connectivity index (χ1) is 9.49. The fraction of sp³-hybridized carbons (Fsp3) is 0.133. The number of hydrogen-bond acceptors (Lipinski definition) is 2. The largest absolute Gasteiger partial charge is 0.389 e. The molecule has 0 unspecified atom stereocenters. The maximum Gasteiger partial charge on any atom is 0.142 e. The van der Waals surface area contributed by atoms with Crippen LogP contribution in [0.2, 0.25) is 5.02 Å². The predicted octanol–water partition coefficient (Wildman–Crippen LogP) is 3.75. The van der Waals surface area contributed by atoms with Gasteiger partial charge in [0.1, 0.15) is 10.8 Å².